The number of hydrogen-bond acceptors (Lipinski definition) is 5. The third-order valence-corrected chi connectivity index (χ3v) is 3.85. The maximum atomic E-state index is 12.5. The van der Waals surface area contributed by atoms with Crippen LogP contribution in [0.2, 0.25) is 0 Å². The molecule has 0 atom stereocenters. The summed E-state index contributed by atoms with van der Waals surface area (Å²) in [6.07, 6.45) is 3.89. The fourth-order valence-corrected chi connectivity index (χ4v) is 2.48. The summed E-state index contributed by atoms with van der Waals surface area (Å²) >= 11 is 0. The van der Waals surface area contributed by atoms with Gasteiger partial charge in [-0.15, -0.1) is 0 Å². The molecule has 0 unspecified atom stereocenters. The summed E-state index contributed by atoms with van der Waals surface area (Å²) in [5.41, 5.74) is 0.495. The first kappa shape index (κ1) is 14.5. The first-order valence-corrected chi connectivity index (χ1v) is 7.29. The number of esters is 1. The molecule has 1 saturated heterocycles. The molecule has 2 aliphatic rings. The van der Waals surface area contributed by atoms with Crippen LogP contribution in [0.4, 0.5) is 0 Å². The van der Waals surface area contributed by atoms with E-state index in [2.05, 4.69) is 9.72 Å². The molecule has 0 aromatic carbocycles. The normalized spacial score (nSPS) is 17.5. The number of hydrogen-bond donors (Lipinski definition) is 0. The van der Waals surface area contributed by atoms with E-state index < -0.39 is 5.97 Å². The lowest BCUT2D eigenvalue weighted by molar-refractivity contribution is -0.141. The van der Waals surface area contributed by atoms with Crippen molar-refractivity contribution >= 4 is 17.8 Å². The third kappa shape index (κ3) is 2.66. The van der Waals surface area contributed by atoms with Gasteiger partial charge in [0.1, 0.15) is 5.69 Å². The van der Waals surface area contributed by atoms with Crippen LogP contribution in [0.25, 0.3) is 0 Å². The molecule has 7 nitrogen and oxygen atoms in total. The molecule has 1 aliphatic heterocycles. The predicted octanol–water partition coefficient (Wildman–Crippen LogP) is 0.868. The zero-order chi connectivity index (χ0) is 15.7. The van der Waals surface area contributed by atoms with Gasteiger partial charge < -0.3 is 4.74 Å². The van der Waals surface area contributed by atoms with Crippen LogP contribution < -0.4 is 0 Å². The average molecular weight is 303 g/mol. The van der Waals surface area contributed by atoms with Crippen LogP contribution in [0.1, 0.15) is 40.1 Å². The van der Waals surface area contributed by atoms with Gasteiger partial charge in [0.2, 0.25) is 5.91 Å². The zero-order valence-electron chi connectivity index (χ0n) is 12.3. The molecule has 0 bridgehead atoms. The number of rotatable bonds is 3. The van der Waals surface area contributed by atoms with Crippen molar-refractivity contribution < 1.29 is 19.1 Å². The second-order valence-corrected chi connectivity index (χ2v) is 5.44. The molecular weight excluding hydrogens is 286 g/mol. The molecule has 0 N–H and O–H groups in total. The smallest absolute Gasteiger partial charge is 0.339 e. The largest absolute Gasteiger partial charge is 0.465 e. The number of amides is 2. The fourth-order valence-electron chi connectivity index (χ4n) is 2.48. The molecule has 1 aromatic rings. The van der Waals surface area contributed by atoms with Crippen molar-refractivity contribution in [3.05, 3.63) is 29.6 Å². The van der Waals surface area contributed by atoms with Crippen LogP contribution >= 0.6 is 0 Å². The number of hydrazine groups is 1. The minimum Gasteiger partial charge on any atom is -0.465 e. The first-order chi connectivity index (χ1) is 10.6. The van der Waals surface area contributed by atoms with Crippen LogP contribution in [0.15, 0.2) is 18.3 Å². The van der Waals surface area contributed by atoms with Crippen LogP contribution in [0.5, 0.6) is 0 Å². The number of pyridine rings is 1. The van der Waals surface area contributed by atoms with Gasteiger partial charge in [0.05, 0.1) is 12.7 Å². The Labute approximate surface area is 127 Å². The molecule has 22 heavy (non-hydrogen) atoms. The molecule has 2 fully saturated rings. The van der Waals surface area contributed by atoms with Crippen LogP contribution in [-0.2, 0) is 9.53 Å². The summed E-state index contributed by atoms with van der Waals surface area (Å²) in [6, 6.07) is 2.97. The third-order valence-electron chi connectivity index (χ3n) is 3.85. The van der Waals surface area contributed by atoms with Gasteiger partial charge in [0, 0.05) is 25.2 Å². The fraction of sp³-hybridized carbons (Fsp3) is 0.467. The summed E-state index contributed by atoms with van der Waals surface area (Å²) in [5, 5.41) is 3.00. The molecular formula is C15H17N3O4. The van der Waals surface area contributed by atoms with Crippen molar-refractivity contribution in [3.63, 3.8) is 0 Å². The Kier molecular flexibility index (Phi) is 3.79. The Morgan fingerprint density at radius 3 is 2.50 bits per heavy atom. The summed E-state index contributed by atoms with van der Waals surface area (Å²) in [7, 11) is 1.28. The van der Waals surface area contributed by atoms with Gasteiger partial charge in [-0.1, -0.05) is 0 Å². The number of carbonyl (C=O) groups is 3. The van der Waals surface area contributed by atoms with Crippen molar-refractivity contribution in [2.75, 3.05) is 20.2 Å². The standard InChI is InChI=1S/C15H17N3O4/c1-22-15(21)11-5-6-12(16-9-11)14(20)18-8-2-7-17(18)13(19)10-3-4-10/h5-6,9-10H,2-4,7-8H2,1H3. The van der Waals surface area contributed by atoms with E-state index in [1.54, 1.807) is 0 Å². The molecule has 1 saturated carbocycles. The lowest BCUT2D eigenvalue weighted by Crippen LogP contribution is -2.45. The Balaban J connectivity index is 1.74. The zero-order valence-corrected chi connectivity index (χ0v) is 12.3. The Hall–Kier alpha value is -2.44. The van der Waals surface area contributed by atoms with Crippen molar-refractivity contribution in [3.8, 4) is 0 Å². The van der Waals surface area contributed by atoms with Gasteiger partial charge in [-0.2, -0.15) is 0 Å². The molecule has 1 aromatic heterocycles. The first-order valence-electron chi connectivity index (χ1n) is 7.29. The molecule has 0 spiro atoms. The monoisotopic (exact) mass is 303 g/mol. The second-order valence-electron chi connectivity index (χ2n) is 5.44. The summed E-state index contributed by atoms with van der Waals surface area (Å²) < 4.78 is 4.59. The van der Waals surface area contributed by atoms with Crippen molar-refractivity contribution in [2.24, 2.45) is 5.92 Å². The lowest BCUT2D eigenvalue weighted by Gasteiger charge is -2.27. The molecule has 1 aliphatic carbocycles. The quantitative estimate of drug-likeness (QED) is 0.774. The minimum atomic E-state index is -0.502. The second kappa shape index (κ2) is 5.75. The van der Waals surface area contributed by atoms with E-state index in [9.17, 15) is 14.4 Å². The van der Waals surface area contributed by atoms with E-state index in [4.69, 9.17) is 0 Å². The number of methoxy groups -OCH3 is 1. The number of nitrogens with zero attached hydrogens (tertiary/aromatic N) is 3. The molecule has 2 amide bonds. The van der Waals surface area contributed by atoms with Crippen molar-refractivity contribution in [1.29, 1.82) is 0 Å². The summed E-state index contributed by atoms with van der Waals surface area (Å²) in [6.45, 7) is 1.08. The number of carbonyl (C=O) groups excluding carboxylic acids is 3. The topological polar surface area (TPSA) is 79.8 Å². The van der Waals surface area contributed by atoms with Crippen LogP contribution in [-0.4, -0.2) is 53.0 Å². The Morgan fingerprint density at radius 2 is 1.91 bits per heavy atom. The van der Waals surface area contributed by atoms with Gasteiger partial charge >= 0.3 is 5.97 Å². The van der Waals surface area contributed by atoms with E-state index in [0.717, 1.165) is 19.3 Å². The SMILES string of the molecule is COC(=O)c1ccc(C(=O)N2CCCN2C(=O)C2CC2)nc1. The van der Waals surface area contributed by atoms with Gasteiger partial charge in [-0.25, -0.2) is 9.80 Å². The highest BCUT2D eigenvalue weighted by Crippen LogP contribution is 2.32. The van der Waals surface area contributed by atoms with Crippen LogP contribution in [0, 0.1) is 5.92 Å². The maximum absolute atomic E-state index is 12.5. The predicted molar refractivity (Wildman–Crippen MR) is 75.7 cm³/mol. The van der Waals surface area contributed by atoms with Gasteiger partial charge in [-0.05, 0) is 31.4 Å². The van der Waals surface area contributed by atoms with Crippen molar-refractivity contribution in [2.45, 2.75) is 19.3 Å². The minimum absolute atomic E-state index is 0.0250. The average Bonchev–Trinajstić information content (AvgIpc) is 3.29. The highest BCUT2D eigenvalue weighted by atomic mass is 16.5. The Bertz CT molecular complexity index is 610. The van der Waals surface area contributed by atoms with E-state index in [1.165, 1.54) is 35.5 Å². The van der Waals surface area contributed by atoms with Gasteiger partial charge in [0.25, 0.3) is 5.91 Å². The molecule has 7 heteroatoms. The highest BCUT2D eigenvalue weighted by Gasteiger charge is 2.39. The lowest BCUT2D eigenvalue weighted by atomic mass is 10.2. The van der Waals surface area contributed by atoms with Gasteiger partial charge in [-0.3, -0.25) is 19.6 Å². The van der Waals surface area contributed by atoms with E-state index >= 15 is 0 Å². The Morgan fingerprint density at radius 1 is 1.18 bits per heavy atom. The van der Waals surface area contributed by atoms with E-state index in [-0.39, 0.29) is 29.0 Å². The molecule has 0 radical (unpaired) electrons. The van der Waals surface area contributed by atoms with Gasteiger partial charge in [0.15, 0.2) is 0 Å². The molecule has 3 rings (SSSR count). The number of ether oxygens (including phenoxy) is 1. The molecule has 2 heterocycles. The number of aromatic nitrogens is 1. The van der Waals surface area contributed by atoms with E-state index in [1.807, 2.05) is 0 Å². The van der Waals surface area contributed by atoms with Crippen molar-refractivity contribution in [1.82, 2.24) is 15.0 Å². The summed E-state index contributed by atoms with van der Waals surface area (Å²) in [4.78, 5) is 40.1. The molecule has 116 valence electrons. The highest BCUT2D eigenvalue weighted by molar-refractivity contribution is 5.95. The summed E-state index contributed by atoms with van der Waals surface area (Å²) in [5.74, 6) is -0.721. The van der Waals surface area contributed by atoms with E-state index in [0.29, 0.717) is 13.1 Å². The van der Waals surface area contributed by atoms with Crippen LogP contribution in [0.3, 0.4) is 0 Å². The maximum Gasteiger partial charge on any atom is 0.339 e.